The van der Waals surface area contributed by atoms with Crippen LogP contribution in [0.5, 0.6) is 0 Å². The summed E-state index contributed by atoms with van der Waals surface area (Å²) in [4.78, 5) is 23.2. The molecule has 0 bridgehead atoms. The molecule has 1 aliphatic carbocycles. The van der Waals surface area contributed by atoms with Gasteiger partial charge in [-0.3, -0.25) is 14.9 Å². The predicted molar refractivity (Wildman–Crippen MR) is 83.8 cm³/mol. The molecule has 2 amide bonds. The van der Waals surface area contributed by atoms with E-state index in [0.29, 0.717) is 4.91 Å². The van der Waals surface area contributed by atoms with Crippen molar-refractivity contribution in [2.24, 2.45) is 0 Å². The molecule has 102 valence electrons. The Labute approximate surface area is 126 Å². The van der Waals surface area contributed by atoms with Crippen molar-refractivity contribution in [3.8, 4) is 11.1 Å². The first-order valence-corrected chi connectivity index (χ1v) is 7.48. The van der Waals surface area contributed by atoms with E-state index in [1.54, 1.807) is 6.08 Å². The van der Waals surface area contributed by atoms with Crippen LogP contribution in [-0.2, 0) is 11.2 Å². The molecule has 0 spiro atoms. The van der Waals surface area contributed by atoms with Crippen LogP contribution in [0.3, 0.4) is 0 Å². The summed E-state index contributed by atoms with van der Waals surface area (Å²) in [7, 11) is 0. The van der Waals surface area contributed by atoms with Gasteiger partial charge in [-0.15, -0.1) is 0 Å². The van der Waals surface area contributed by atoms with Crippen molar-refractivity contribution in [2.45, 2.75) is 6.42 Å². The predicted octanol–water partition coefficient (Wildman–Crippen LogP) is 3.58. The highest BCUT2D eigenvalue weighted by Gasteiger charge is 2.25. The number of carbonyl (C=O) groups excluding carboxylic acids is 2. The van der Waals surface area contributed by atoms with Gasteiger partial charge in [-0.05, 0) is 52.1 Å². The van der Waals surface area contributed by atoms with Gasteiger partial charge in [0.15, 0.2) is 0 Å². The minimum absolute atomic E-state index is 0.306. The lowest BCUT2D eigenvalue weighted by molar-refractivity contribution is -0.115. The number of rotatable bonds is 1. The summed E-state index contributed by atoms with van der Waals surface area (Å²) in [6.07, 6.45) is 2.69. The minimum atomic E-state index is -0.311. The molecule has 0 radical (unpaired) electrons. The van der Waals surface area contributed by atoms with E-state index in [2.05, 4.69) is 41.7 Å². The summed E-state index contributed by atoms with van der Waals surface area (Å²) in [6.45, 7) is 0. The summed E-state index contributed by atoms with van der Waals surface area (Å²) in [5, 5.41) is 1.96. The van der Waals surface area contributed by atoms with Gasteiger partial charge in [0.25, 0.3) is 11.1 Å². The maximum atomic E-state index is 11.6. The fourth-order valence-corrected chi connectivity index (χ4v) is 3.51. The molecule has 0 saturated carbocycles. The monoisotopic (exact) mass is 293 g/mol. The van der Waals surface area contributed by atoms with Crippen LogP contribution in [0, 0.1) is 0 Å². The van der Waals surface area contributed by atoms with Gasteiger partial charge >= 0.3 is 0 Å². The quantitative estimate of drug-likeness (QED) is 0.698. The number of fused-ring (bicyclic) bond motifs is 3. The summed E-state index contributed by atoms with van der Waals surface area (Å²) >= 11 is 0.951. The van der Waals surface area contributed by atoms with Gasteiger partial charge in [0.2, 0.25) is 0 Å². The molecule has 4 heteroatoms. The van der Waals surface area contributed by atoms with Crippen LogP contribution in [0.1, 0.15) is 16.7 Å². The molecule has 1 aliphatic heterocycles. The molecular weight excluding hydrogens is 282 g/mol. The fraction of sp³-hybridized carbons (Fsp3) is 0.0588. The summed E-state index contributed by atoms with van der Waals surface area (Å²) in [5.74, 6) is -0.311. The Bertz CT molecular complexity index is 823. The van der Waals surface area contributed by atoms with E-state index >= 15 is 0 Å². The summed E-state index contributed by atoms with van der Waals surface area (Å²) < 4.78 is 0. The number of imide groups is 1. The molecule has 1 fully saturated rings. The first-order chi connectivity index (χ1) is 10.2. The van der Waals surface area contributed by atoms with E-state index in [1.165, 1.54) is 22.3 Å². The Balaban J connectivity index is 1.72. The molecule has 3 nitrogen and oxygen atoms in total. The molecular formula is C17H11NO2S. The average molecular weight is 293 g/mol. The minimum Gasteiger partial charge on any atom is -0.282 e. The van der Waals surface area contributed by atoms with Crippen LogP contribution in [0.25, 0.3) is 17.2 Å². The van der Waals surface area contributed by atoms with Crippen molar-refractivity contribution in [1.29, 1.82) is 0 Å². The lowest BCUT2D eigenvalue weighted by atomic mass is 10.0. The Kier molecular flexibility index (Phi) is 2.72. The first-order valence-electron chi connectivity index (χ1n) is 6.67. The second-order valence-electron chi connectivity index (χ2n) is 5.10. The van der Waals surface area contributed by atoms with E-state index in [-0.39, 0.29) is 11.1 Å². The van der Waals surface area contributed by atoms with Crippen LogP contribution < -0.4 is 5.32 Å². The number of thioether (sulfide) groups is 1. The number of hydrogen-bond donors (Lipinski definition) is 1. The van der Waals surface area contributed by atoms with Gasteiger partial charge in [0.1, 0.15) is 0 Å². The molecule has 4 rings (SSSR count). The molecule has 2 aromatic rings. The van der Waals surface area contributed by atoms with E-state index < -0.39 is 0 Å². The van der Waals surface area contributed by atoms with Crippen molar-refractivity contribution in [2.75, 3.05) is 0 Å². The highest BCUT2D eigenvalue weighted by molar-refractivity contribution is 8.18. The number of benzene rings is 2. The largest absolute Gasteiger partial charge is 0.290 e. The molecule has 2 aromatic carbocycles. The van der Waals surface area contributed by atoms with E-state index in [0.717, 1.165) is 23.7 Å². The van der Waals surface area contributed by atoms with Gasteiger partial charge in [-0.25, -0.2) is 0 Å². The van der Waals surface area contributed by atoms with Gasteiger partial charge in [0, 0.05) is 0 Å². The van der Waals surface area contributed by atoms with Gasteiger partial charge in [-0.1, -0.05) is 42.5 Å². The highest BCUT2D eigenvalue weighted by atomic mass is 32.2. The molecule has 2 aliphatic rings. The zero-order valence-electron chi connectivity index (χ0n) is 11.1. The maximum Gasteiger partial charge on any atom is 0.290 e. The van der Waals surface area contributed by atoms with E-state index in [9.17, 15) is 9.59 Å². The number of hydrogen-bond acceptors (Lipinski definition) is 3. The highest BCUT2D eigenvalue weighted by Crippen LogP contribution is 2.37. The van der Waals surface area contributed by atoms with Gasteiger partial charge < -0.3 is 0 Å². The number of carbonyl (C=O) groups is 2. The summed E-state index contributed by atoms with van der Waals surface area (Å²) in [5.41, 5.74) is 6.09. The van der Waals surface area contributed by atoms with E-state index in [1.807, 2.05) is 6.07 Å². The normalized spacial score (nSPS) is 17.8. The van der Waals surface area contributed by atoms with Gasteiger partial charge in [0.05, 0.1) is 4.91 Å². The molecule has 0 atom stereocenters. The maximum absolute atomic E-state index is 11.6. The zero-order valence-corrected chi connectivity index (χ0v) is 11.9. The molecule has 1 N–H and O–H groups in total. The second kappa shape index (κ2) is 4.60. The number of amides is 2. The molecule has 0 unspecified atom stereocenters. The fourth-order valence-electron chi connectivity index (χ4n) is 2.83. The first kappa shape index (κ1) is 12.4. The van der Waals surface area contributed by atoms with E-state index in [4.69, 9.17) is 0 Å². The van der Waals surface area contributed by atoms with Gasteiger partial charge in [-0.2, -0.15) is 0 Å². The topological polar surface area (TPSA) is 46.2 Å². The third kappa shape index (κ3) is 2.08. The lowest BCUT2D eigenvalue weighted by Gasteiger charge is -2.02. The Morgan fingerprint density at radius 1 is 1.00 bits per heavy atom. The standard InChI is InChI=1S/C17H11NO2S/c19-16-15(21-17(20)18-16)8-10-5-6-14-12(7-10)9-11-3-1-2-4-13(11)14/h1-8H,9H2,(H,18,19,20). The smallest absolute Gasteiger partial charge is 0.282 e. The average Bonchev–Trinajstić information content (AvgIpc) is 2.98. The third-order valence-corrected chi connectivity index (χ3v) is 4.57. The molecule has 21 heavy (non-hydrogen) atoms. The molecule has 1 heterocycles. The van der Waals surface area contributed by atoms with Crippen LogP contribution in [0.15, 0.2) is 47.4 Å². The Morgan fingerprint density at radius 2 is 1.81 bits per heavy atom. The van der Waals surface area contributed by atoms with Crippen LogP contribution in [0.4, 0.5) is 4.79 Å². The van der Waals surface area contributed by atoms with Crippen molar-refractivity contribution in [3.63, 3.8) is 0 Å². The van der Waals surface area contributed by atoms with Crippen LogP contribution in [0.2, 0.25) is 0 Å². The SMILES string of the molecule is O=C1NC(=O)C(=Cc2ccc3c(c2)Cc2ccccc2-3)S1. The van der Waals surface area contributed by atoms with Crippen molar-refractivity contribution < 1.29 is 9.59 Å². The lowest BCUT2D eigenvalue weighted by Crippen LogP contribution is -2.17. The molecule has 1 saturated heterocycles. The van der Waals surface area contributed by atoms with Crippen LogP contribution in [-0.4, -0.2) is 11.1 Å². The molecule has 0 aromatic heterocycles. The Morgan fingerprint density at radius 3 is 2.62 bits per heavy atom. The van der Waals surface area contributed by atoms with Crippen molar-refractivity contribution in [1.82, 2.24) is 5.32 Å². The van der Waals surface area contributed by atoms with Crippen molar-refractivity contribution in [3.05, 3.63) is 64.1 Å². The Hall–Kier alpha value is -2.33. The zero-order chi connectivity index (χ0) is 14.4. The second-order valence-corrected chi connectivity index (χ2v) is 6.12. The third-order valence-electron chi connectivity index (χ3n) is 3.76. The van der Waals surface area contributed by atoms with Crippen LogP contribution >= 0.6 is 11.8 Å². The number of nitrogens with one attached hydrogen (secondary N) is 1. The van der Waals surface area contributed by atoms with Crippen molar-refractivity contribution >= 4 is 29.0 Å². The summed E-state index contributed by atoms with van der Waals surface area (Å²) in [6, 6.07) is 14.6.